The van der Waals surface area contributed by atoms with E-state index in [0.29, 0.717) is 23.0 Å². The molecule has 2 N–H and O–H groups in total. The molecule has 3 aromatic heterocycles. The van der Waals surface area contributed by atoms with Gasteiger partial charge in [0.1, 0.15) is 0 Å². The summed E-state index contributed by atoms with van der Waals surface area (Å²) in [6.45, 7) is 0.174. The Morgan fingerprint density at radius 3 is 2.88 bits per heavy atom. The van der Waals surface area contributed by atoms with Gasteiger partial charge in [-0.3, -0.25) is 9.89 Å². The molecule has 0 fully saturated rings. The van der Waals surface area contributed by atoms with Crippen LogP contribution in [0.3, 0.4) is 0 Å². The van der Waals surface area contributed by atoms with Crippen molar-refractivity contribution in [1.29, 1.82) is 0 Å². The molecule has 0 aliphatic carbocycles. The summed E-state index contributed by atoms with van der Waals surface area (Å²) in [5.74, 6) is 0.615. The standard InChI is InChI=1S/C17H13N5O2S/c23-16(12-9-19-21-15(12)11-5-2-1-3-6-11)18-10-14-20-17(24-22-14)13-7-4-8-25-13/h1-9H,10H2,(H,18,23)(H,19,21). The summed E-state index contributed by atoms with van der Waals surface area (Å²) in [6, 6.07) is 13.4. The lowest BCUT2D eigenvalue weighted by atomic mass is 10.1. The molecule has 0 aliphatic heterocycles. The zero-order chi connectivity index (χ0) is 17.1. The number of hydrogen-bond acceptors (Lipinski definition) is 6. The van der Waals surface area contributed by atoms with Crippen LogP contribution in [-0.4, -0.2) is 26.2 Å². The first-order chi connectivity index (χ1) is 12.3. The highest BCUT2D eigenvalue weighted by Gasteiger charge is 2.16. The molecule has 7 nitrogen and oxygen atoms in total. The Morgan fingerprint density at radius 2 is 2.08 bits per heavy atom. The average Bonchev–Trinajstić information content (AvgIpc) is 3.41. The molecule has 0 radical (unpaired) electrons. The van der Waals surface area contributed by atoms with Gasteiger partial charge in [0, 0.05) is 5.56 Å². The molecule has 0 atom stereocenters. The summed E-state index contributed by atoms with van der Waals surface area (Å²) in [7, 11) is 0. The van der Waals surface area contributed by atoms with Gasteiger partial charge < -0.3 is 9.84 Å². The van der Waals surface area contributed by atoms with Crippen LogP contribution >= 0.6 is 11.3 Å². The highest BCUT2D eigenvalue weighted by molar-refractivity contribution is 7.13. The zero-order valence-electron chi connectivity index (χ0n) is 13.0. The second-order valence-corrected chi connectivity index (χ2v) is 6.15. The van der Waals surface area contributed by atoms with Crippen molar-refractivity contribution in [3.63, 3.8) is 0 Å². The highest BCUT2D eigenvalue weighted by Crippen LogP contribution is 2.23. The second kappa shape index (κ2) is 6.70. The van der Waals surface area contributed by atoms with Gasteiger partial charge in [0.05, 0.1) is 28.9 Å². The van der Waals surface area contributed by atoms with Gasteiger partial charge in [0.15, 0.2) is 5.82 Å². The van der Waals surface area contributed by atoms with Crippen LogP contribution in [0, 0.1) is 0 Å². The minimum atomic E-state index is -0.255. The molecule has 1 aromatic carbocycles. The third-order valence-corrected chi connectivity index (χ3v) is 4.41. The van der Waals surface area contributed by atoms with Gasteiger partial charge in [0.2, 0.25) is 0 Å². The Bertz CT molecular complexity index is 976. The molecule has 0 aliphatic rings. The maximum atomic E-state index is 12.5. The molecule has 0 saturated carbocycles. The first kappa shape index (κ1) is 15.3. The summed E-state index contributed by atoms with van der Waals surface area (Å²) < 4.78 is 5.20. The fraction of sp³-hybridized carbons (Fsp3) is 0.0588. The number of aromatic amines is 1. The van der Waals surface area contributed by atoms with E-state index in [-0.39, 0.29) is 12.5 Å². The highest BCUT2D eigenvalue weighted by atomic mass is 32.1. The first-order valence-corrected chi connectivity index (χ1v) is 8.42. The molecule has 3 heterocycles. The van der Waals surface area contributed by atoms with Gasteiger partial charge in [0.25, 0.3) is 11.8 Å². The number of nitrogens with zero attached hydrogens (tertiary/aromatic N) is 3. The third kappa shape index (κ3) is 3.20. The Hall–Kier alpha value is -3.26. The van der Waals surface area contributed by atoms with Crippen molar-refractivity contribution in [3.8, 4) is 22.0 Å². The van der Waals surface area contributed by atoms with Crippen molar-refractivity contribution in [3.05, 3.63) is 65.4 Å². The van der Waals surface area contributed by atoms with E-state index in [9.17, 15) is 4.79 Å². The van der Waals surface area contributed by atoms with E-state index >= 15 is 0 Å². The maximum absolute atomic E-state index is 12.5. The van der Waals surface area contributed by atoms with Crippen LogP contribution in [0.1, 0.15) is 16.2 Å². The number of thiophene rings is 1. The lowest BCUT2D eigenvalue weighted by Gasteiger charge is -2.03. The molecule has 0 unspecified atom stereocenters. The monoisotopic (exact) mass is 351 g/mol. The minimum Gasteiger partial charge on any atom is -0.344 e. The summed E-state index contributed by atoms with van der Waals surface area (Å²) in [5, 5.41) is 15.5. The fourth-order valence-corrected chi connectivity index (χ4v) is 3.01. The SMILES string of the molecule is O=C(NCc1noc(-c2cccs2)n1)c1cn[nH]c1-c1ccccc1. The van der Waals surface area contributed by atoms with Crippen LogP contribution in [0.15, 0.2) is 58.6 Å². The number of aromatic nitrogens is 4. The van der Waals surface area contributed by atoms with Crippen molar-refractivity contribution >= 4 is 17.2 Å². The zero-order valence-corrected chi connectivity index (χ0v) is 13.8. The Labute approximate surface area is 146 Å². The lowest BCUT2D eigenvalue weighted by Crippen LogP contribution is -2.23. The van der Waals surface area contributed by atoms with Crippen LogP contribution in [0.25, 0.3) is 22.0 Å². The molecule has 25 heavy (non-hydrogen) atoms. The number of H-pyrrole nitrogens is 1. The lowest BCUT2D eigenvalue weighted by molar-refractivity contribution is 0.0950. The summed E-state index contributed by atoms with van der Waals surface area (Å²) in [4.78, 5) is 17.6. The Kier molecular flexibility index (Phi) is 4.09. The van der Waals surface area contributed by atoms with E-state index in [1.54, 1.807) is 0 Å². The van der Waals surface area contributed by atoms with Gasteiger partial charge in [-0.25, -0.2) is 0 Å². The largest absolute Gasteiger partial charge is 0.344 e. The maximum Gasteiger partial charge on any atom is 0.268 e. The normalized spacial score (nSPS) is 10.7. The molecule has 0 bridgehead atoms. The smallest absolute Gasteiger partial charge is 0.268 e. The number of benzene rings is 1. The van der Waals surface area contributed by atoms with E-state index in [2.05, 4.69) is 25.7 Å². The molecule has 8 heteroatoms. The van der Waals surface area contributed by atoms with Crippen molar-refractivity contribution < 1.29 is 9.32 Å². The van der Waals surface area contributed by atoms with Gasteiger partial charge >= 0.3 is 0 Å². The predicted octanol–water partition coefficient (Wildman–Crippen LogP) is 3.12. The number of carbonyl (C=O) groups excluding carboxylic acids is 1. The third-order valence-electron chi connectivity index (χ3n) is 3.55. The summed E-state index contributed by atoms with van der Waals surface area (Å²) in [5.41, 5.74) is 2.03. The fourth-order valence-electron chi connectivity index (χ4n) is 2.36. The van der Waals surface area contributed by atoms with E-state index in [1.165, 1.54) is 17.5 Å². The van der Waals surface area contributed by atoms with E-state index in [0.717, 1.165) is 10.4 Å². The first-order valence-electron chi connectivity index (χ1n) is 7.55. The van der Waals surface area contributed by atoms with Crippen molar-refractivity contribution in [2.45, 2.75) is 6.54 Å². The average molecular weight is 351 g/mol. The van der Waals surface area contributed by atoms with Crippen molar-refractivity contribution in [2.24, 2.45) is 0 Å². The number of amides is 1. The van der Waals surface area contributed by atoms with Gasteiger partial charge in [-0.15, -0.1) is 11.3 Å². The number of rotatable bonds is 5. The second-order valence-electron chi connectivity index (χ2n) is 5.20. The van der Waals surface area contributed by atoms with Crippen LogP contribution < -0.4 is 5.32 Å². The van der Waals surface area contributed by atoms with E-state index < -0.39 is 0 Å². The molecule has 0 spiro atoms. The summed E-state index contributed by atoms with van der Waals surface area (Å²) >= 11 is 1.52. The van der Waals surface area contributed by atoms with Crippen LogP contribution in [0.2, 0.25) is 0 Å². The van der Waals surface area contributed by atoms with Gasteiger partial charge in [-0.05, 0) is 11.4 Å². The quantitative estimate of drug-likeness (QED) is 0.576. The molecule has 4 rings (SSSR count). The molecular weight excluding hydrogens is 338 g/mol. The van der Waals surface area contributed by atoms with E-state index in [1.807, 2.05) is 47.8 Å². The Balaban J connectivity index is 1.46. The van der Waals surface area contributed by atoms with E-state index in [4.69, 9.17) is 4.52 Å². The van der Waals surface area contributed by atoms with Crippen LogP contribution in [-0.2, 0) is 6.54 Å². The summed E-state index contributed by atoms with van der Waals surface area (Å²) in [6.07, 6.45) is 1.50. The van der Waals surface area contributed by atoms with Crippen molar-refractivity contribution in [1.82, 2.24) is 25.7 Å². The minimum absolute atomic E-state index is 0.174. The van der Waals surface area contributed by atoms with Crippen LogP contribution in [0.4, 0.5) is 0 Å². The van der Waals surface area contributed by atoms with Gasteiger partial charge in [-0.2, -0.15) is 10.1 Å². The molecular formula is C17H13N5O2S. The number of nitrogens with one attached hydrogen (secondary N) is 2. The van der Waals surface area contributed by atoms with Gasteiger partial charge in [-0.1, -0.05) is 41.6 Å². The molecule has 0 saturated heterocycles. The number of hydrogen-bond donors (Lipinski definition) is 2. The molecule has 124 valence electrons. The van der Waals surface area contributed by atoms with Crippen LogP contribution in [0.5, 0.6) is 0 Å². The number of carbonyl (C=O) groups is 1. The molecule has 4 aromatic rings. The molecule has 1 amide bonds. The predicted molar refractivity (Wildman–Crippen MR) is 92.8 cm³/mol. The van der Waals surface area contributed by atoms with Crippen molar-refractivity contribution in [2.75, 3.05) is 0 Å². The topological polar surface area (TPSA) is 96.7 Å². The Morgan fingerprint density at radius 1 is 1.20 bits per heavy atom.